The number of ether oxygens (including phenoxy) is 1. The maximum absolute atomic E-state index is 14.5. The molecule has 8 heteroatoms. The van der Waals surface area contributed by atoms with Crippen molar-refractivity contribution < 1.29 is 13.9 Å². The standard InChI is InChI=1S/C19H18FN3O2S2/c1-12-17(27-19(21-12)13-4-9-26-11-13)18(24)22-14-2-3-16(15(20)10-14)23-5-7-25-8-6-23/h2-4,9-11H,5-8H2,1H3,(H,22,24). The number of morpholine rings is 1. The molecule has 0 bridgehead atoms. The molecule has 1 fully saturated rings. The summed E-state index contributed by atoms with van der Waals surface area (Å²) in [5, 5.41) is 7.57. The third kappa shape index (κ3) is 3.87. The Hall–Kier alpha value is -2.29. The molecule has 140 valence electrons. The van der Waals surface area contributed by atoms with Crippen molar-refractivity contribution in [1.82, 2.24) is 4.98 Å². The molecule has 1 aliphatic heterocycles. The second-order valence-corrected chi connectivity index (χ2v) is 7.94. The van der Waals surface area contributed by atoms with E-state index in [4.69, 9.17) is 4.74 Å². The molecule has 1 N–H and O–H groups in total. The Morgan fingerprint density at radius 2 is 2.11 bits per heavy atom. The molecule has 1 amide bonds. The Kier molecular flexibility index (Phi) is 5.20. The van der Waals surface area contributed by atoms with Crippen LogP contribution in [0.2, 0.25) is 0 Å². The highest BCUT2D eigenvalue weighted by molar-refractivity contribution is 7.17. The van der Waals surface area contributed by atoms with Gasteiger partial charge in [0.25, 0.3) is 5.91 Å². The third-order valence-electron chi connectivity index (χ3n) is 4.33. The first-order valence-corrected chi connectivity index (χ1v) is 10.3. The van der Waals surface area contributed by atoms with Gasteiger partial charge in [-0.05, 0) is 36.6 Å². The first-order valence-electron chi connectivity index (χ1n) is 8.55. The van der Waals surface area contributed by atoms with Gasteiger partial charge in [-0.25, -0.2) is 9.37 Å². The Bertz CT molecular complexity index is 950. The predicted octanol–water partition coefficient (Wildman–Crippen LogP) is 4.41. The number of hydrogen-bond acceptors (Lipinski definition) is 6. The summed E-state index contributed by atoms with van der Waals surface area (Å²) in [6.07, 6.45) is 0. The number of carbonyl (C=O) groups is 1. The van der Waals surface area contributed by atoms with Crippen LogP contribution in [-0.4, -0.2) is 37.2 Å². The van der Waals surface area contributed by atoms with Gasteiger partial charge in [0, 0.05) is 29.7 Å². The number of aryl methyl sites for hydroxylation is 1. The highest BCUT2D eigenvalue weighted by atomic mass is 32.1. The van der Waals surface area contributed by atoms with Gasteiger partial charge in [0.15, 0.2) is 0 Å². The number of nitrogens with zero attached hydrogens (tertiary/aromatic N) is 2. The summed E-state index contributed by atoms with van der Waals surface area (Å²) in [6, 6.07) is 6.76. The number of amides is 1. The fourth-order valence-corrected chi connectivity index (χ4v) is 4.62. The summed E-state index contributed by atoms with van der Waals surface area (Å²) in [5.41, 5.74) is 2.64. The lowest BCUT2D eigenvalue weighted by Gasteiger charge is -2.29. The maximum Gasteiger partial charge on any atom is 0.267 e. The van der Waals surface area contributed by atoms with Gasteiger partial charge in [0.05, 0.1) is 24.6 Å². The van der Waals surface area contributed by atoms with Crippen molar-refractivity contribution in [1.29, 1.82) is 0 Å². The Balaban J connectivity index is 1.50. The van der Waals surface area contributed by atoms with Gasteiger partial charge in [0.2, 0.25) is 0 Å². The lowest BCUT2D eigenvalue weighted by molar-refractivity contribution is 0.103. The number of carbonyl (C=O) groups excluding carboxylic acids is 1. The SMILES string of the molecule is Cc1nc(-c2ccsc2)sc1C(=O)Nc1ccc(N2CCOCC2)c(F)c1. The van der Waals surface area contributed by atoms with Crippen LogP contribution in [-0.2, 0) is 4.74 Å². The summed E-state index contributed by atoms with van der Waals surface area (Å²) in [6.45, 7) is 4.32. The van der Waals surface area contributed by atoms with E-state index in [1.807, 2.05) is 28.7 Å². The number of rotatable bonds is 4. The van der Waals surface area contributed by atoms with E-state index in [9.17, 15) is 9.18 Å². The van der Waals surface area contributed by atoms with Gasteiger partial charge in [0.1, 0.15) is 15.7 Å². The molecule has 0 saturated carbocycles. The fraction of sp³-hybridized carbons (Fsp3) is 0.263. The molecule has 0 spiro atoms. The lowest BCUT2D eigenvalue weighted by Crippen LogP contribution is -2.36. The first kappa shape index (κ1) is 18.1. The van der Waals surface area contributed by atoms with Crippen LogP contribution < -0.4 is 10.2 Å². The molecule has 0 atom stereocenters. The molecule has 1 aliphatic rings. The average Bonchev–Trinajstić information content (AvgIpc) is 3.32. The van der Waals surface area contributed by atoms with Gasteiger partial charge in [-0.2, -0.15) is 11.3 Å². The predicted molar refractivity (Wildman–Crippen MR) is 108 cm³/mol. The number of hydrogen-bond donors (Lipinski definition) is 1. The Labute approximate surface area is 164 Å². The summed E-state index contributed by atoms with van der Waals surface area (Å²) in [5.74, 6) is -0.625. The molecule has 0 aliphatic carbocycles. The second-order valence-electron chi connectivity index (χ2n) is 6.17. The number of aromatic nitrogens is 1. The maximum atomic E-state index is 14.5. The van der Waals surface area contributed by atoms with Gasteiger partial charge < -0.3 is 15.0 Å². The quantitative estimate of drug-likeness (QED) is 0.701. The molecule has 0 unspecified atom stereocenters. The van der Waals surface area contributed by atoms with Gasteiger partial charge in [-0.15, -0.1) is 11.3 Å². The van der Waals surface area contributed by atoms with Crippen LogP contribution in [0.3, 0.4) is 0 Å². The van der Waals surface area contributed by atoms with Gasteiger partial charge >= 0.3 is 0 Å². The fourth-order valence-electron chi connectivity index (χ4n) is 2.95. The molecular formula is C19H18FN3O2S2. The molecule has 1 saturated heterocycles. The molecule has 1 aromatic carbocycles. The zero-order valence-corrected chi connectivity index (χ0v) is 16.3. The van der Waals surface area contributed by atoms with E-state index in [1.54, 1.807) is 23.5 Å². The molecular weight excluding hydrogens is 385 g/mol. The van der Waals surface area contributed by atoms with E-state index in [0.717, 1.165) is 10.6 Å². The van der Waals surface area contributed by atoms with Crippen LogP contribution in [0.5, 0.6) is 0 Å². The molecule has 4 rings (SSSR count). The highest BCUT2D eigenvalue weighted by Gasteiger charge is 2.19. The summed E-state index contributed by atoms with van der Waals surface area (Å²) in [4.78, 5) is 19.6. The number of nitrogens with one attached hydrogen (secondary N) is 1. The van der Waals surface area contributed by atoms with Crippen molar-refractivity contribution in [2.24, 2.45) is 0 Å². The molecule has 3 aromatic rings. The van der Waals surface area contributed by atoms with Gasteiger partial charge in [-0.3, -0.25) is 4.79 Å². The summed E-state index contributed by atoms with van der Waals surface area (Å²) < 4.78 is 19.8. The summed E-state index contributed by atoms with van der Waals surface area (Å²) in [7, 11) is 0. The van der Waals surface area contributed by atoms with Crippen LogP contribution in [0.4, 0.5) is 15.8 Å². The van der Waals surface area contributed by atoms with Crippen molar-refractivity contribution in [3.8, 4) is 10.6 Å². The van der Waals surface area contributed by atoms with Crippen LogP contribution in [0.25, 0.3) is 10.6 Å². The Morgan fingerprint density at radius 3 is 2.81 bits per heavy atom. The monoisotopic (exact) mass is 403 g/mol. The molecule has 0 radical (unpaired) electrons. The average molecular weight is 404 g/mol. The second kappa shape index (κ2) is 7.75. The van der Waals surface area contributed by atoms with Crippen molar-refractivity contribution in [3.63, 3.8) is 0 Å². The normalized spacial score (nSPS) is 14.4. The minimum Gasteiger partial charge on any atom is -0.378 e. The van der Waals surface area contributed by atoms with E-state index >= 15 is 0 Å². The minimum atomic E-state index is -0.352. The Morgan fingerprint density at radius 1 is 1.30 bits per heavy atom. The zero-order chi connectivity index (χ0) is 18.8. The van der Waals surface area contributed by atoms with E-state index in [1.165, 1.54) is 17.4 Å². The van der Waals surface area contributed by atoms with E-state index < -0.39 is 0 Å². The third-order valence-corrected chi connectivity index (χ3v) is 6.22. The van der Waals surface area contributed by atoms with E-state index in [0.29, 0.717) is 48.2 Å². The first-order chi connectivity index (χ1) is 13.1. The largest absolute Gasteiger partial charge is 0.378 e. The number of anilines is 2. The number of thiophene rings is 1. The van der Waals surface area contributed by atoms with Crippen LogP contribution in [0.15, 0.2) is 35.0 Å². The van der Waals surface area contributed by atoms with Gasteiger partial charge in [-0.1, -0.05) is 0 Å². The molecule has 3 heterocycles. The van der Waals surface area contributed by atoms with Crippen molar-refractivity contribution in [2.75, 3.05) is 36.5 Å². The van der Waals surface area contributed by atoms with Crippen LogP contribution >= 0.6 is 22.7 Å². The van der Waals surface area contributed by atoms with Crippen molar-refractivity contribution >= 4 is 40.0 Å². The minimum absolute atomic E-state index is 0.273. The highest BCUT2D eigenvalue weighted by Crippen LogP contribution is 2.30. The van der Waals surface area contributed by atoms with Crippen LogP contribution in [0, 0.1) is 12.7 Å². The molecule has 27 heavy (non-hydrogen) atoms. The number of halogens is 1. The number of thiazole rings is 1. The number of benzene rings is 1. The molecule has 5 nitrogen and oxygen atoms in total. The van der Waals surface area contributed by atoms with Crippen LogP contribution in [0.1, 0.15) is 15.4 Å². The van der Waals surface area contributed by atoms with E-state index in [-0.39, 0.29) is 11.7 Å². The summed E-state index contributed by atoms with van der Waals surface area (Å²) >= 11 is 2.93. The lowest BCUT2D eigenvalue weighted by atomic mass is 10.2. The smallest absolute Gasteiger partial charge is 0.267 e. The zero-order valence-electron chi connectivity index (χ0n) is 14.7. The molecule has 2 aromatic heterocycles. The van der Waals surface area contributed by atoms with E-state index in [2.05, 4.69) is 10.3 Å². The topological polar surface area (TPSA) is 54.5 Å². The van der Waals surface area contributed by atoms with Crippen molar-refractivity contribution in [3.05, 3.63) is 51.4 Å². The van der Waals surface area contributed by atoms with Crippen molar-refractivity contribution in [2.45, 2.75) is 6.92 Å².